The number of thiophene rings is 4. The first-order chi connectivity index (χ1) is 50.1. The van der Waals surface area contributed by atoms with Crippen molar-refractivity contribution in [2.75, 3.05) is 89.5 Å². The number of amides is 4. The number of ether oxygens (including phenoxy) is 2. The van der Waals surface area contributed by atoms with Gasteiger partial charge in [-0.1, -0.05) is 66.7 Å². The molecule has 8 aromatic rings. The van der Waals surface area contributed by atoms with Crippen molar-refractivity contribution < 1.29 is 67.4 Å². The molecular formula is C80H102BBrN6O14S4. The number of hydrogen-bond acceptors (Lipinski definition) is 20. The van der Waals surface area contributed by atoms with Crippen molar-refractivity contribution in [2.45, 2.75) is 170 Å². The van der Waals surface area contributed by atoms with Gasteiger partial charge in [0.05, 0.1) is 38.0 Å². The van der Waals surface area contributed by atoms with Gasteiger partial charge in [0.15, 0.2) is 0 Å². The standard InChI is InChI=1S/C36H45N3O4S2.C32H47BN2O4.C10H10BrNO2S2.2CO2/c1-7-39(28-13-15-38(16-14-28)35(42)43-36(3,4)5)29-21-27(20-26(24(29)2)19-25-11-9-8-10-12-25)30-22-31-32(44-30)23-33(45-31)34(41)37(6)17-18-40;1-10-35(27-16-18-34(19-17-27)29(36)37-30(3,4)5)28-22-26(33-38-31(6,7)32(8,9)39-33)21-25(23(28)2)20-24-14-12-11-13-15-24;1-12(2-3-13)10(14)8-4-6-7(15-8)5-9(11)16-6;2*2-1-3/h8-12,20-23,28,40H,7,13-19H2,1-6H3;11-15,21-22,27H,10,16-20H2,1-9H3;4-5,13H,2-3H2,1H3;;. The first kappa shape index (κ1) is 85.7. The molecule has 0 radical (unpaired) electrons. The van der Waals surface area contributed by atoms with Crippen molar-refractivity contribution in [3.63, 3.8) is 0 Å². The Balaban J connectivity index is 0.000000232. The van der Waals surface area contributed by atoms with Gasteiger partial charge in [0.25, 0.3) is 11.8 Å². The third kappa shape index (κ3) is 23.0. The van der Waals surface area contributed by atoms with Crippen molar-refractivity contribution >= 4 is 140 Å². The predicted octanol–water partition coefficient (Wildman–Crippen LogP) is 15.6. The summed E-state index contributed by atoms with van der Waals surface area (Å²) in [4.78, 5) is 97.1. The Morgan fingerprint density at radius 3 is 1.32 bits per heavy atom. The fraction of sp³-hybridized carbons (Fsp3) is 0.475. The number of aliphatic hydroxyl groups excluding tert-OH is 2. The van der Waals surface area contributed by atoms with Crippen LogP contribution >= 0.6 is 61.3 Å². The van der Waals surface area contributed by atoms with E-state index in [1.807, 2.05) is 69.5 Å². The van der Waals surface area contributed by atoms with Gasteiger partial charge in [-0.2, -0.15) is 19.2 Å². The van der Waals surface area contributed by atoms with Crippen molar-refractivity contribution in [2.24, 2.45) is 0 Å². The second-order valence-corrected chi connectivity index (χ2v) is 35.1. The molecule has 0 spiro atoms. The minimum atomic E-state index is -0.500. The largest absolute Gasteiger partial charge is 0.494 e. The number of hydrogen-bond donors (Lipinski definition) is 2. The van der Waals surface area contributed by atoms with Crippen molar-refractivity contribution in [1.29, 1.82) is 0 Å². The molecule has 26 heteroatoms. The molecule has 20 nitrogen and oxygen atoms in total. The number of halogens is 1. The molecule has 0 atom stereocenters. The molecule has 3 fully saturated rings. The monoisotopic (exact) mass is 1590 g/mol. The van der Waals surface area contributed by atoms with Crippen LogP contribution in [0.5, 0.6) is 0 Å². The van der Waals surface area contributed by atoms with E-state index in [0.29, 0.717) is 56.2 Å². The summed E-state index contributed by atoms with van der Waals surface area (Å²) in [7, 11) is 3.00. The molecule has 2 N–H and O–H groups in total. The summed E-state index contributed by atoms with van der Waals surface area (Å²) in [6, 6.07) is 39.2. The third-order valence-corrected chi connectivity index (χ3v) is 24.2. The summed E-state index contributed by atoms with van der Waals surface area (Å²) in [5.41, 5.74) is 10.7. The average molecular weight is 1590 g/mol. The van der Waals surface area contributed by atoms with E-state index in [4.69, 9.17) is 43.1 Å². The summed E-state index contributed by atoms with van der Waals surface area (Å²) in [6.45, 7) is 33.9. The van der Waals surface area contributed by atoms with Gasteiger partial charge in [-0.05, 0) is 238 Å². The molecule has 0 bridgehead atoms. The maximum Gasteiger partial charge on any atom is 0.494 e. The highest BCUT2D eigenvalue weighted by Gasteiger charge is 2.52. The van der Waals surface area contributed by atoms with E-state index in [2.05, 4.69) is 172 Å². The maximum atomic E-state index is 12.8. The molecule has 3 saturated heterocycles. The van der Waals surface area contributed by atoms with Gasteiger partial charge in [-0.15, -0.1) is 45.3 Å². The molecule has 3 aliphatic heterocycles. The van der Waals surface area contributed by atoms with Crippen molar-refractivity contribution in [3.8, 4) is 10.4 Å². The Morgan fingerprint density at radius 2 is 0.943 bits per heavy atom. The van der Waals surface area contributed by atoms with Gasteiger partial charge in [0.2, 0.25) is 0 Å². The van der Waals surface area contributed by atoms with Crippen LogP contribution in [0.1, 0.15) is 161 Å². The van der Waals surface area contributed by atoms with E-state index in [9.17, 15) is 24.3 Å². The Labute approximate surface area is 648 Å². The number of aliphatic hydroxyl groups is 2. The number of carbonyl (C=O) groups is 4. The van der Waals surface area contributed by atoms with Crippen molar-refractivity contribution in [1.82, 2.24) is 19.6 Å². The fourth-order valence-electron chi connectivity index (χ4n) is 12.9. The van der Waals surface area contributed by atoms with Crippen LogP contribution in [0.25, 0.3) is 29.2 Å². The molecule has 4 aromatic carbocycles. The number of benzene rings is 4. The highest BCUT2D eigenvalue weighted by molar-refractivity contribution is 9.11. The number of anilines is 2. The number of carbonyl (C=O) groups excluding carboxylic acids is 8. The van der Waals surface area contributed by atoms with Gasteiger partial charge in [-0.3, -0.25) is 9.59 Å². The lowest BCUT2D eigenvalue weighted by atomic mass is 9.76. The number of likely N-dealkylation sites (tertiary alicyclic amines) is 2. The minimum Gasteiger partial charge on any atom is -0.444 e. The first-order valence-electron chi connectivity index (χ1n) is 35.8. The van der Waals surface area contributed by atoms with Crippen LogP contribution in [0.15, 0.2) is 113 Å². The Bertz CT molecular complexity index is 4220. The molecule has 570 valence electrons. The smallest absolute Gasteiger partial charge is 0.444 e. The summed E-state index contributed by atoms with van der Waals surface area (Å²) in [5, 5.41) is 18.0. The van der Waals surface area contributed by atoms with Crippen LogP contribution in [0.4, 0.5) is 21.0 Å². The van der Waals surface area contributed by atoms with E-state index in [1.54, 1.807) is 41.7 Å². The third-order valence-electron chi connectivity index (χ3n) is 19.1. The zero-order valence-corrected chi connectivity index (χ0v) is 68.8. The van der Waals surface area contributed by atoms with E-state index < -0.39 is 29.5 Å². The van der Waals surface area contributed by atoms with Crippen LogP contribution in [0.3, 0.4) is 0 Å². The molecule has 4 aromatic heterocycles. The van der Waals surface area contributed by atoms with Crippen LogP contribution < -0.4 is 15.3 Å². The van der Waals surface area contributed by atoms with Gasteiger partial charge < -0.3 is 58.4 Å². The van der Waals surface area contributed by atoms with Crippen LogP contribution in [-0.4, -0.2) is 187 Å². The lowest BCUT2D eigenvalue weighted by Gasteiger charge is -2.40. The fourth-order valence-corrected chi connectivity index (χ4v) is 18.3. The van der Waals surface area contributed by atoms with Gasteiger partial charge in [0.1, 0.15) is 11.2 Å². The second-order valence-electron chi connectivity index (χ2n) is 29.4. The molecule has 3 aliphatic rings. The Morgan fingerprint density at radius 1 is 0.566 bits per heavy atom. The van der Waals surface area contributed by atoms with Crippen LogP contribution in [0.2, 0.25) is 0 Å². The first-order valence-corrected chi connectivity index (χ1v) is 39.8. The molecule has 0 unspecified atom stereocenters. The van der Waals surface area contributed by atoms with E-state index in [0.717, 1.165) is 84.5 Å². The molecule has 0 saturated carbocycles. The normalized spacial score (nSPS) is 14.9. The summed E-state index contributed by atoms with van der Waals surface area (Å²) < 4.78 is 29.8. The number of piperidine rings is 2. The summed E-state index contributed by atoms with van der Waals surface area (Å²) >= 11 is 9.76. The van der Waals surface area contributed by atoms with E-state index in [-0.39, 0.29) is 49.5 Å². The molecular weight excluding hydrogens is 1490 g/mol. The zero-order chi connectivity index (χ0) is 78.0. The maximum absolute atomic E-state index is 12.8. The quantitative estimate of drug-likeness (QED) is 0.0760. The van der Waals surface area contributed by atoms with Gasteiger partial charge in [0, 0.05) is 114 Å². The Kier molecular flexibility index (Phi) is 31.1. The molecule has 7 heterocycles. The number of rotatable bonds is 18. The highest BCUT2D eigenvalue weighted by atomic mass is 79.9. The molecule has 11 rings (SSSR count). The van der Waals surface area contributed by atoms with E-state index in [1.165, 1.54) is 82.8 Å². The van der Waals surface area contributed by atoms with Crippen molar-refractivity contribution in [3.05, 3.63) is 156 Å². The molecule has 106 heavy (non-hydrogen) atoms. The molecule has 0 aliphatic carbocycles. The summed E-state index contributed by atoms with van der Waals surface area (Å²) in [5.74, 6) is -0.0864. The van der Waals surface area contributed by atoms with Crippen LogP contribution in [-0.2, 0) is 50.8 Å². The lowest BCUT2D eigenvalue weighted by Crippen LogP contribution is -2.48. The number of fused-ring (bicyclic) bond motifs is 2. The zero-order valence-electron chi connectivity index (χ0n) is 63.9. The van der Waals surface area contributed by atoms with Gasteiger partial charge >= 0.3 is 31.6 Å². The lowest BCUT2D eigenvalue weighted by molar-refractivity contribution is -0.193. The van der Waals surface area contributed by atoms with E-state index >= 15 is 0 Å². The predicted molar refractivity (Wildman–Crippen MR) is 428 cm³/mol. The average Bonchev–Trinajstić information content (AvgIpc) is 1.56. The SMILES string of the molecule is CCN(c1cc(-c2cc3sc(C(=O)N(C)CCO)cc3s2)cc(Cc2ccccc2)c1C)C1CCN(C(=O)OC(C)(C)C)CC1.CCN(c1cc(B2OC(C)(C)C(C)(C)O2)cc(Cc2ccccc2)c1C)C1CCN(C(=O)OC(C)(C)C)CC1.CN(CCO)C(=O)c1cc2sc(Br)cc2s1.O=C=O.O=C=O. The highest BCUT2D eigenvalue weighted by Crippen LogP contribution is 2.43. The molecule has 4 amide bonds. The number of likely N-dealkylation sites (N-methyl/N-ethyl adjacent to an activating group) is 2. The topological polar surface area (TPSA) is 233 Å². The van der Waals surface area contributed by atoms with Gasteiger partial charge in [-0.25, -0.2) is 9.59 Å². The Hall–Kier alpha value is -7.58. The second kappa shape index (κ2) is 38.5. The summed E-state index contributed by atoms with van der Waals surface area (Å²) in [6.07, 6.45) is 5.34. The number of nitrogens with zero attached hydrogens (tertiary/aromatic N) is 6. The van der Waals surface area contributed by atoms with Crippen LogP contribution in [0, 0.1) is 13.8 Å². The minimum absolute atomic E-state index is 0.00642.